The van der Waals surface area contributed by atoms with E-state index in [0.717, 1.165) is 48.8 Å². The molecular weight excluding hydrogens is 354 g/mol. The number of aromatic nitrogens is 1. The topological polar surface area (TPSA) is 78.6 Å². The number of unbranched alkanes of at least 4 members (excludes halogenated alkanes) is 1. The van der Waals surface area contributed by atoms with Crippen LogP contribution in [0.5, 0.6) is 0 Å². The number of nitrogens with zero attached hydrogens (tertiary/aromatic N) is 2. The van der Waals surface area contributed by atoms with Crippen LogP contribution in [0, 0.1) is 12.8 Å². The predicted octanol–water partition coefficient (Wildman–Crippen LogP) is 4.64. The van der Waals surface area contributed by atoms with E-state index in [1.165, 1.54) is 28.9 Å². The summed E-state index contributed by atoms with van der Waals surface area (Å²) in [5.41, 5.74) is 4.56. The fourth-order valence-corrected chi connectivity index (χ4v) is 3.80. The molecular formula is C22H35N3O3. The lowest BCUT2D eigenvalue weighted by atomic mass is 9.91. The van der Waals surface area contributed by atoms with Crippen molar-refractivity contribution in [2.24, 2.45) is 5.92 Å². The third kappa shape index (κ3) is 5.71. The second-order valence-corrected chi connectivity index (χ2v) is 7.71. The summed E-state index contributed by atoms with van der Waals surface area (Å²) in [6.07, 6.45) is 6.53. The number of fused-ring (bicyclic) bond motifs is 1. The summed E-state index contributed by atoms with van der Waals surface area (Å²) in [6, 6.07) is 4.38. The van der Waals surface area contributed by atoms with Crippen molar-refractivity contribution in [1.29, 1.82) is 0 Å². The third-order valence-electron chi connectivity index (χ3n) is 5.55. The number of benzene rings is 1. The van der Waals surface area contributed by atoms with Crippen LogP contribution in [0.3, 0.4) is 0 Å². The van der Waals surface area contributed by atoms with E-state index < -0.39 is 6.09 Å². The highest BCUT2D eigenvalue weighted by atomic mass is 16.5. The molecule has 1 aromatic heterocycles. The van der Waals surface area contributed by atoms with Gasteiger partial charge in [0, 0.05) is 18.5 Å². The first-order chi connectivity index (χ1) is 13.5. The summed E-state index contributed by atoms with van der Waals surface area (Å²) in [4.78, 5) is 12.5. The number of amides is 1. The van der Waals surface area contributed by atoms with Gasteiger partial charge in [0.15, 0.2) is 5.58 Å². The van der Waals surface area contributed by atoms with Crippen LogP contribution in [-0.4, -0.2) is 48.4 Å². The molecule has 1 saturated heterocycles. The molecule has 0 bridgehead atoms. The van der Waals surface area contributed by atoms with E-state index in [-0.39, 0.29) is 0 Å². The average molecular weight is 390 g/mol. The van der Waals surface area contributed by atoms with E-state index in [1.54, 1.807) is 0 Å². The standard InChI is InChI=1S/C20H28N2O3.C2H7N/c1-3-4-5-16-7-8-17-18(21-25-19(17)14(16)2)9-6-15-10-12-22(13-11-15)20(23)24;1-3-2/h7-8,15H,3-6,9-13H2,1-2H3,(H,23,24);3H,1-2H3. The van der Waals surface area contributed by atoms with Gasteiger partial charge in [0.05, 0.1) is 5.69 Å². The van der Waals surface area contributed by atoms with E-state index in [9.17, 15) is 4.79 Å². The van der Waals surface area contributed by atoms with Crippen LogP contribution in [0.2, 0.25) is 0 Å². The number of carbonyl (C=O) groups is 1. The Morgan fingerprint density at radius 1 is 1.29 bits per heavy atom. The van der Waals surface area contributed by atoms with E-state index in [4.69, 9.17) is 9.63 Å². The van der Waals surface area contributed by atoms with Gasteiger partial charge in [-0.1, -0.05) is 24.6 Å². The highest BCUT2D eigenvalue weighted by molar-refractivity contribution is 5.83. The predicted molar refractivity (Wildman–Crippen MR) is 113 cm³/mol. The number of carboxylic acid groups (broad SMARTS) is 1. The second kappa shape index (κ2) is 11.1. The van der Waals surface area contributed by atoms with E-state index in [2.05, 4.69) is 36.5 Å². The van der Waals surface area contributed by atoms with Gasteiger partial charge in [-0.15, -0.1) is 0 Å². The molecule has 0 atom stereocenters. The molecule has 1 aliphatic rings. The Hall–Kier alpha value is -2.08. The Morgan fingerprint density at radius 3 is 2.57 bits per heavy atom. The number of hydrogen-bond acceptors (Lipinski definition) is 4. The van der Waals surface area contributed by atoms with Crippen molar-refractivity contribution in [3.8, 4) is 0 Å². The fraction of sp³-hybridized carbons (Fsp3) is 0.636. The molecule has 0 radical (unpaired) electrons. The summed E-state index contributed by atoms with van der Waals surface area (Å²) in [5, 5.41) is 17.2. The van der Waals surface area contributed by atoms with Crippen LogP contribution in [0.1, 0.15) is 55.8 Å². The van der Waals surface area contributed by atoms with Crippen molar-refractivity contribution in [1.82, 2.24) is 15.4 Å². The van der Waals surface area contributed by atoms with Crippen LogP contribution in [-0.2, 0) is 12.8 Å². The zero-order valence-electron chi connectivity index (χ0n) is 17.8. The first-order valence-corrected chi connectivity index (χ1v) is 10.4. The minimum atomic E-state index is -0.796. The number of piperidine rings is 1. The Bertz CT molecular complexity index is 749. The smallest absolute Gasteiger partial charge is 0.407 e. The zero-order chi connectivity index (χ0) is 20.5. The number of likely N-dealkylation sites (tertiary alicyclic amines) is 1. The average Bonchev–Trinajstić information content (AvgIpc) is 3.11. The Kier molecular flexibility index (Phi) is 8.77. The van der Waals surface area contributed by atoms with Gasteiger partial charge in [-0.3, -0.25) is 0 Å². The maximum Gasteiger partial charge on any atom is 0.407 e. The van der Waals surface area contributed by atoms with Gasteiger partial charge in [-0.25, -0.2) is 4.79 Å². The minimum Gasteiger partial charge on any atom is -0.465 e. The fourth-order valence-electron chi connectivity index (χ4n) is 3.80. The molecule has 1 aliphatic heterocycles. The zero-order valence-corrected chi connectivity index (χ0v) is 17.8. The lowest BCUT2D eigenvalue weighted by Gasteiger charge is -2.29. The maximum absolute atomic E-state index is 11.0. The van der Waals surface area contributed by atoms with Crippen molar-refractivity contribution in [2.75, 3.05) is 27.2 Å². The first kappa shape index (κ1) is 22.2. The highest BCUT2D eigenvalue weighted by Gasteiger charge is 2.23. The van der Waals surface area contributed by atoms with Gasteiger partial charge < -0.3 is 19.8 Å². The van der Waals surface area contributed by atoms with Gasteiger partial charge in [0.1, 0.15) is 0 Å². The van der Waals surface area contributed by atoms with Crippen LogP contribution in [0.25, 0.3) is 11.0 Å². The van der Waals surface area contributed by atoms with Crippen molar-refractivity contribution >= 4 is 17.1 Å². The quantitative estimate of drug-likeness (QED) is 0.753. The molecule has 1 aromatic carbocycles. The first-order valence-electron chi connectivity index (χ1n) is 10.4. The van der Waals surface area contributed by atoms with Gasteiger partial charge >= 0.3 is 6.09 Å². The number of nitrogens with one attached hydrogen (secondary N) is 1. The van der Waals surface area contributed by atoms with Crippen LogP contribution >= 0.6 is 0 Å². The molecule has 156 valence electrons. The molecule has 2 N–H and O–H groups in total. The Morgan fingerprint density at radius 2 is 1.96 bits per heavy atom. The summed E-state index contributed by atoms with van der Waals surface area (Å²) < 4.78 is 5.65. The summed E-state index contributed by atoms with van der Waals surface area (Å²) in [6.45, 7) is 5.64. The lowest BCUT2D eigenvalue weighted by molar-refractivity contribution is 0.123. The normalized spacial score (nSPS) is 14.8. The monoisotopic (exact) mass is 389 g/mol. The molecule has 2 aromatic rings. The van der Waals surface area contributed by atoms with Crippen molar-refractivity contribution in [2.45, 2.75) is 58.8 Å². The van der Waals surface area contributed by atoms with Crippen LogP contribution < -0.4 is 5.32 Å². The van der Waals surface area contributed by atoms with Crippen molar-refractivity contribution in [3.63, 3.8) is 0 Å². The van der Waals surface area contributed by atoms with E-state index in [1.807, 2.05) is 14.1 Å². The molecule has 0 spiro atoms. The Balaban J connectivity index is 0.000000878. The number of aryl methyl sites for hydroxylation is 3. The molecule has 0 aliphatic carbocycles. The molecule has 6 heteroatoms. The highest BCUT2D eigenvalue weighted by Crippen LogP contribution is 2.28. The summed E-state index contributed by atoms with van der Waals surface area (Å²) >= 11 is 0. The molecule has 0 saturated carbocycles. The molecule has 0 unspecified atom stereocenters. The molecule has 1 fully saturated rings. The molecule has 1 amide bonds. The second-order valence-electron chi connectivity index (χ2n) is 7.71. The maximum atomic E-state index is 11.0. The SMILES string of the molecule is CCCCc1ccc2c(CCC3CCN(C(=O)O)CC3)noc2c1C.CNC. The largest absolute Gasteiger partial charge is 0.465 e. The number of rotatable bonds is 6. The summed E-state index contributed by atoms with van der Waals surface area (Å²) in [5.74, 6) is 0.576. The van der Waals surface area contributed by atoms with E-state index >= 15 is 0 Å². The van der Waals surface area contributed by atoms with Gasteiger partial charge in [-0.2, -0.15) is 0 Å². The molecule has 28 heavy (non-hydrogen) atoms. The van der Waals surface area contributed by atoms with Gasteiger partial charge in [0.25, 0.3) is 0 Å². The van der Waals surface area contributed by atoms with Crippen LogP contribution in [0.4, 0.5) is 4.79 Å². The Labute approximate surface area is 168 Å². The lowest BCUT2D eigenvalue weighted by Crippen LogP contribution is -2.37. The van der Waals surface area contributed by atoms with Gasteiger partial charge in [-0.05, 0) is 82.7 Å². The third-order valence-corrected chi connectivity index (χ3v) is 5.55. The molecule has 2 heterocycles. The van der Waals surface area contributed by atoms with Crippen molar-refractivity contribution < 1.29 is 14.4 Å². The summed E-state index contributed by atoms with van der Waals surface area (Å²) in [7, 11) is 3.75. The molecule has 6 nitrogen and oxygen atoms in total. The number of hydrogen-bond donors (Lipinski definition) is 2. The van der Waals surface area contributed by atoms with Gasteiger partial charge in [0.2, 0.25) is 0 Å². The minimum absolute atomic E-state index is 0.576. The molecule has 3 rings (SSSR count). The van der Waals surface area contributed by atoms with E-state index in [0.29, 0.717) is 19.0 Å². The van der Waals surface area contributed by atoms with Crippen molar-refractivity contribution in [3.05, 3.63) is 29.0 Å². The van der Waals surface area contributed by atoms with Crippen LogP contribution in [0.15, 0.2) is 16.7 Å².